The third-order valence-electron chi connectivity index (χ3n) is 5.06. The first-order chi connectivity index (χ1) is 10.1. The summed E-state index contributed by atoms with van der Waals surface area (Å²) in [5.74, 6) is 1.53. The maximum absolute atomic E-state index is 12.8. The van der Waals surface area contributed by atoms with E-state index in [0.29, 0.717) is 12.4 Å². The van der Waals surface area contributed by atoms with Crippen molar-refractivity contribution in [3.63, 3.8) is 0 Å². The van der Waals surface area contributed by atoms with Crippen LogP contribution in [0, 0.1) is 5.92 Å². The average molecular weight is 286 g/mol. The van der Waals surface area contributed by atoms with Crippen molar-refractivity contribution < 1.29 is 9.53 Å². The summed E-state index contributed by atoms with van der Waals surface area (Å²) in [5.41, 5.74) is 2.10. The van der Waals surface area contributed by atoms with Gasteiger partial charge in [-0.15, -0.1) is 0 Å². The van der Waals surface area contributed by atoms with Gasteiger partial charge < -0.3 is 4.74 Å². The van der Waals surface area contributed by atoms with Crippen LogP contribution in [0.15, 0.2) is 18.2 Å². The molecular weight excluding hydrogens is 260 g/mol. The summed E-state index contributed by atoms with van der Waals surface area (Å²) < 4.78 is 5.72. The first-order valence-electron chi connectivity index (χ1n) is 8.39. The van der Waals surface area contributed by atoms with Gasteiger partial charge in [0.25, 0.3) is 0 Å². The molecule has 114 valence electrons. The van der Waals surface area contributed by atoms with E-state index in [9.17, 15) is 4.79 Å². The van der Waals surface area contributed by atoms with Crippen molar-refractivity contribution in [2.24, 2.45) is 5.92 Å². The van der Waals surface area contributed by atoms with E-state index in [-0.39, 0.29) is 11.3 Å². The Labute approximate surface area is 127 Å². The molecule has 2 aliphatic rings. The van der Waals surface area contributed by atoms with Gasteiger partial charge in [0.15, 0.2) is 5.78 Å². The maximum Gasteiger partial charge on any atom is 0.165 e. The SMILES string of the molecule is CC1(C)COc2ccc(C(=O)C3CCCCCCC3)cc21. The van der Waals surface area contributed by atoms with Crippen LogP contribution in [0.1, 0.15) is 74.7 Å². The molecule has 21 heavy (non-hydrogen) atoms. The molecule has 1 aliphatic carbocycles. The molecule has 0 saturated heterocycles. The van der Waals surface area contributed by atoms with Crippen LogP contribution in [0.2, 0.25) is 0 Å². The molecule has 0 amide bonds. The van der Waals surface area contributed by atoms with Crippen molar-refractivity contribution in [1.29, 1.82) is 0 Å². The molecule has 0 unspecified atom stereocenters. The average Bonchev–Trinajstić information content (AvgIpc) is 2.73. The molecule has 3 rings (SSSR count). The third kappa shape index (κ3) is 3.00. The molecule has 0 atom stereocenters. The third-order valence-corrected chi connectivity index (χ3v) is 5.06. The van der Waals surface area contributed by atoms with Gasteiger partial charge in [-0.25, -0.2) is 0 Å². The number of hydrogen-bond acceptors (Lipinski definition) is 2. The van der Waals surface area contributed by atoms with Crippen molar-refractivity contribution >= 4 is 5.78 Å². The number of fused-ring (bicyclic) bond motifs is 1. The molecule has 1 fully saturated rings. The monoisotopic (exact) mass is 286 g/mol. The summed E-state index contributed by atoms with van der Waals surface area (Å²) in [6.07, 6.45) is 8.45. The number of benzene rings is 1. The standard InChI is InChI=1S/C19H26O2/c1-19(2)13-21-17-11-10-15(12-16(17)19)18(20)14-8-6-4-3-5-7-9-14/h10-12,14H,3-9,13H2,1-2H3. The first kappa shape index (κ1) is 14.6. The normalized spacial score (nSPS) is 22.0. The Hall–Kier alpha value is -1.31. The van der Waals surface area contributed by atoms with Gasteiger partial charge in [-0.05, 0) is 31.0 Å². The van der Waals surface area contributed by atoms with E-state index in [1.165, 1.54) is 37.7 Å². The number of carbonyl (C=O) groups is 1. The van der Waals surface area contributed by atoms with Gasteiger partial charge in [0.2, 0.25) is 0 Å². The number of carbonyl (C=O) groups excluding carboxylic acids is 1. The number of hydrogen-bond donors (Lipinski definition) is 0. The lowest BCUT2D eigenvalue weighted by atomic mass is 9.82. The van der Waals surface area contributed by atoms with Gasteiger partial charge in [0.1, 0.15) is 5.75 Å². The second kappa shape index (κ2) is 5.82. The second-order valence-corrected chi connectivity index (χ2v) is 7.29. The highest BCUT2D eigenvalue weighted by Gasteiger charge is 2.33. The summed E-state index contributed by atoms with van der Waals surface area (Å²) in [6.45, 7) is 5.08. The molecule has 0 radical (unpaired) electrons. The van der Waals surface area contributed by atoms with Crippen molar-refractivity contribution in [2.45, 2.75) is 64.2 Å². The fraction of sp³-hybridized carbons (Fsp3) is 0.632. The Morgan fingerprint density at radius 2 is 1.76 bits per heavy atom. The van der Waals surface area contributed by atoms with Crippen molar-refractivity contribution in [2.75, 3.05) is 6.61 Å². The Bertz CT molecular complexity index is 522. The van der Waals surface area contributed by atoms with Crippen LogP contribution < -0.4 is 4.74 Å². The molecule has 0 spiro atoms. The Kier molecular flexibility index (Phi) is 4.05. The Morgan fingerprint density at radius 3 is 2.48 bits per heavy atom. The molecular formula is C19H26O2. The minimum absolute atomic E-state index is 0.0204. The van der Waals surface area contributed by atoms with E-state index in [1.807, 2.05) is 12.1 Å². The molecule has 1 aromatic rings. The molecule has 1 aromatic carbocycles. The maximum atomic E-state index is 12.8. The molecule has 2 heteroatoms. The highest BCUT2D eigenvalue weighted by atomic mass is 16.5. The van der Waals surface area contributed by atoms with Gasteiger partial charge in [0.05, 0.1) is 6.61 Å². The van der Waals surface area contributed by atoms with Crippen LogP contribution in [-0.4, -0.2) is 12.4 Å². The summed E-state index contributed by atoms with van der Waals surface area (Å²) in [7, 11) is 0. The quantitative estimate of drug-likeness (QED) is 0.723. The molecule has 2 nitrogen and oxygen atoms in total. The van der Waals surface area contributed by atoms with Gasteiger partial charge in [-0.2, -0.15) is 0 Å². The first-order valence-corrected chi connectivity index (χ1v) is 8.39. The van der Waals surface area contributed by atoms with Crippen LogP contribution in [-0.2, 0) is 5.41 Å². The minimum atomic E-state index is 0.0204. The van der Waals surface area contributed by atoms with Crippen LogP contribution in [0.5, 0.6) is 5.75 Å². The Balaban J connectivity index is 1.81. The van der Waals surface area contributed by atoms with E-state index in [1.54, 1.807) is 0 Å². The molecule has 0 aromatic heterocycles. The molecule has 0 bridgehead atoms. The van der Waals surface area contributed by atoms with Gasteiger partial charge in [-0.1, -0.05) is 46.0 Å². The summed E-state index contributed by atoms with van der Waals surface area (Å²) in [5, 5.41) is 0. The lowest BCUT2D eigenvalue weighted by molar-refractivity contribution is 0.0898. The summed E-state index contributed by atoms with van der Waals surface area (Å²) in [4.78, 5) is 12.8. The predicted molar refractivity (Wildman–Crippen MR) is 85.1 cm³/mol. The van der Waals surface area contributed by atoms with Crippen LogP contribution >= 0.6 is 0 Å². The predicted octanol–water partition coefficient (Wildman–Crippen LogP) is 4.90. The number of rotatable bonds is 2. The summed E-state index contributed by atoms with van der Waals surface area (Å²) in [6, 6.07) is 6.03. The molecule has 1 saturated carbocycles. The second-order valence-electron chi connectivity index (χ2n) is 7.29. The lowest BCUT2D eigenvalue weighted by Gasteiger charge is -2.20. The van der Waals surface area contributed by atoms with E-state index in [4.69, 9.17) is 4.74 Å². The fourth-order valence-corrected chi connectivity index (χ4v) is 3.63. The lowest BCUT2D eigenvalue weighted by Crippen LogP contribution is -2.20. The number of ketones is 1. The molecule has 0 N–H and O–H groups in total. The highest BCUT2D eigenvalue weighted by Crippen LogP contribution is 2.39. The van der Waals surface area contributed by atoms with Crippen molar-refractivity contribution in [1.82, 2.24) is 0 Å². The van der Waals surface area contributed by atoms with Crippen LogP contribution in [0.3, 0.4) is 0 Å². The largest absolute Gasteiger partial charge is 0.492 e. The number of ether oxygens (including phenoxy) is 1. The minimum Gasteiger partial charge on any atom is -0.492 e. The smallest absolute Gasteiger partial charge is 0.165 e. The van der Waals surface area contributed by atoms with Crippen molar-refractivity contribution in [3.8, 4) is 5.75 Å². The topological polar surface area (TPSA) is 26.3 Å². The van der Waals surface area contributed by atoms with E-state index in [2.05, 4.69) is 19.9 Å². The molecule has 1 aliphatic heterocycles. The van der Waals surface area contributed by atoms with E-state index < -0.39 is 0 Å². The van der Waals surface area contributed by atoms with E-state index >= 15 is 0 Å². The zero-order valence-corrected chi connectivity index (χ0v) is 13.3. The zero-order valence-electron chi connectivity index (χ0n) is 13.3. The van der Waals surface area contributed by atoms with Gasteiger partial charge in [0, 0.05) is 22.5 Å². The Morgan fingerprint density at radius 1 is 1.10 bits per heavy atom. The number of Topliss-reactive ketones (excluding diaryl/α,β-unsaturated/α-hetero) is 1. The zero-order chi connectivity index (χ0) is 14.9. The van der Waals surface area contributed by atoms with Gasteiger partial charge >= 0.3 is 0 Å². The van der Waals surface area contributed by atoms with Crippen LogP contribution in [0.4, 0.5) is 0 Å². The molecule has 1 heterocycles. The van der Waals surface area contributed by atoms with Crippen molar-refractivity contribution in [3.05, 3.63) is 29.3 Å². The van der Waals surface area contributed by atoms with E-state index in [0.717, 1.165) is 24.2 Å². The van der Waals surface area contributed by atoms with Gasteiger partial charge in [-0.3, -0.25) is 4.79 Å². The summed E-state index contributed by atoms with van der Waals surface area (Å²) >= 11 is 0. The fourth-order valence-electron chi connectivity index (χ4n) is 3.63. The van der Waals surface area contributed by atoms with Crippen LogP contribution in [0.25, 0.3) is 0 Å². The highest BCUT2D eigenvalue weighted by molar-refractivity contribution is 5.98.